The lowest BCUT2D eigenvalue weighted by Gasteiger charge is -2.39. The van der Waals surface area contributed by atoms with Crippen LogP contribution in [-0.4, -0.2) is 29.2 Å². The Morgan fingerprint density at radius 3 is 2.75 bits per heavy atom. The molecule has 1 saturated carbocycles. The highest BCUT2D eigenvalue weighted by Crippen LogP contribution is 2.35. The van der Waals surface area contributed by atoms with Crippen molar-refractivity contribution in [1.29, 1.82) is 5.26 Å². The van der Waals surface area contributed by atoms with E-state index in [4.69, 9.17) is 10.4 Å². The van der Waals surface area contributed by atoms with Crippen molar-refractivity contribution in [3.63, 3.8) is 0 Å². The van der Waals surface area contributed by atoms with E-state index in [9.17, 15) is 10.1 Å². The lowest BCUT2D eigenvalue weighted by atomic mass is 9.90. The number of benzene rings is 1. The molecule has 1 aliphatic rings. The molecule has 6 nitrogen and oxygen atoms in total. The Morgan fingerprint density at radius 1 is 1.50 bits per heavy atom. The number of anilines is 1. The molecule has 2 rings (SSSR count). The molecule has 0 aliphatic heterocycles. The van der Waals surface area contributed by atoms with Gasteiger partial charge in [-0.1, -0.05) is 0 Å². The Bertz CT molecular complexity index is 535. The quantitative estimate of drug-likeness (QED) is 0.635. The largest absolute Gasteiger partial charge is 0.396 e. The summed E-state index contributed by atoms with van der Waals surface area (Å²) in [6.07, 6.45) is 3.74. The Balaban J connectivity index is 2.35. The fourth-order valence-electron chi connectivity index (χ4n) is 2.42. The van der Waals surface area contributed by atoms with Crippen LogP contribution < -0.4 is 4.90 Å². The van der Waals surface area contributed by atoms with Crippen molar-refractivity contribution in [2.24, 2.45) is 0 Å². The predicted octanol–water partition coefficient (Wildman–Crippen LogP) is 2.21. The summed E-state index contributed by atoms with van der Waals surface area (Å²) in [6, 6.07) is 6.79. The van der Waals surface area contributed by atoms with E-state index >= 15 is 0 Å². The van der Waals surface area contributed by atoms with Crippen LogP contribution in [0.4, 0.5) is 11.4 Å². The van der Waals surface area contributed by atoms with Crippen molar-refractivity contribution in [2.75, 3.05) is 18.1 Å². The average molecular weight is 275 g/mol. The number of hydrogen-bond donors (Lipinski definition) is 1. The average Bonchev–Trinajstić information content (AvgIpc) is 2.40. The summed E-state index contributed by atoms with van der Waals surface area (Å²) in [5, 5.41) is 29.1. The maximum atomic E-state index is 11.2. The Kier molecular flexibility index (Phi) is 4.53. The summed E-state index contributed by atoms with van der Waals surface area (Å²) in [6.45, 7) is 0.654. The van der Waals surface area contributed by atoms with E-state index in [1.165, 1.54) is 6.07 Å². The first-order chi connectivity index (χ1) is 9.67. The topological polar surface area (TPSA) is 90.4 Å². The molecule has 0 amide bonds. The molecule has 0 spiro atoms. The van der Waals surface area contributed by atoms with Crippen LogP contribution >= 0.6 is 0 Å². The molecule has 20 heavy (non-hydrogen) atoms. The van der Waals surface area contributed by atoms with Crippen LogP contribution in [-0.2, 0) is 0 Å². The molecule has 1 aromatic carbocycles. The summed E-state index contributed by atoms with van der Waals surface area (Å²) in [4.78, 5) is 12.8. The zero-order valence-corrected chi connectivity index (χ0v) is 11.2. The molecule has 0 heterocycles. The zero-order chi connectivity index (χ0) is 14.5. The minimum atomic E-state index is -0.444. The smallest absolute Gasteiger partial charge is 0.293 e. The van der Waals surface area contributed by atoms with Gasteiger partial charge < -0.3 is 10.0 Å². The molecule has 1 aliphatic carbocycles. The first-order valence-electron chi connectivity index (χ1n) is 6.73. The highest BCUT2D eigenvalue weighted by molar-refractivity contribution is 5.66. The maximum Gasteiger partial charge on any atom is 0.293 e. The third kappa shape index (κ3) is 2.89. The van der Waals surface area contributed by atoms with Gasteiger partial charge in [-0.3, -0.25) is 10.1 Å². The Labute approximate surface area is 117 Å². The third-order valence-corrected chi connectivity index (χ3v) is 3.68. The number of aliphatic hydroxyl groups excluding tert-OH is 1. The minimum Gasteiger partial charge on any atom is -0.396 e. The first-order valence-corrected chi connectivity index (χ1v) is 6.73. The predicted molar refractivity (Wildman–Crippen MR) is 74.5 cm³/mol. The van der Waals surface area contributed by atoms with Crippen molar-refractivity contribution in [3.05, 3.63) is 33.9 Å². The lowest BCUT2D eigenvalue weighted by molar-refractivity contribution is -0.384. The fourth-order valence-corrected chi connectivity index (χ4v) is 2.42. The molecular weight excluding hydrogens is 258 g/mol. The van der Waals surface area contributed by atoms with E-state index < -0.39 is 4.92 Å². The van der Waals surface area contributed by atoms with Crippen molar-refractivity contribution < 1.29 is 10.0 Å². The van der Waals surface area contributed by atoms with Gasteiger partial charge in [-0.05, 0) is 37.8 Å². The van der Waals surface area contributed by atoms with E-state index in [0.29, 0.717) is 24.7 Å². The summed E-state index contributed by atoms with van der Waals surface area (Å²) in [7, 11) is 0. The van der Waals surface area contributed by atoms with Gasteiger partial charge in [0.2, 0.25) is 0 Å². The number of aliphatic hydroxyl groups is 1. The minimum absolute atomic E-state index is 0.0334. The van der Waals surface area contributed by atoms with Gasteiger partial charge in [0.25, 0.3) is 5.69 Å². The van der Waals surface area contributed by atoms with E-state index in [0.717, 1.165) is 19.3 Å². The molecular formula is C14H17N3O3. The van der Waals surface area contributed by atoms with Crippen molar-refractivity contribution in [2.45, 2.75) is 31.7 Å². The van der Waals surface area contributed by atoms with Gasteiger partial charge in [0, 0.05) is 25.3 Å². The van der Waals surface area contributed by atoms with Crippen LogP contribution in [0.5, 0.6) is 0 Å². The van der Waals surface area contributed by atoms with Gasteiger partial charge in [-0.15, -0.1) is 0 Å². The van der Waals surface area contributed by atoms with Crippen molar-refractivity contribution in [3.8, 4) is 6.07 Å². The summed E-state index contributed by atoms with van der Waals surface area (Å²) < 4.78 is 0. The second-order valence-corrected chi connectivity index (χ2v) is 4.93. The van der Waals surface area contributed by atoms with Gasteiger partial charge in [0.05, 0.1) is 16.6 Å². The molecule has 0 aromatic heterocycles. The van der Waals surface area contributed by atoms with Gasteiger partial charge >= 0.3 is 0 Å². The Hall–Kier alpha value is -2.13. The standard InChI is InChI=1S/C14H17N3O3/c15-10-11-5-6-13(14(9-11)17(19)20)16(7-2-8-18)12-3-1-4-12/h5-6,9,12,18H,1-4,7-8H2. The van der Waals surface area contributed by atoms with E-state index in [2.05, 4.69) is 0 Å². The van der Waals surface area contributed by atoms with E-state index in [1.807, 2.05) is 11.0 Å². The van der Waals surface area contributed by atoms with Gasteiger partial charge in [0.15, 0.2) is 0 Å². The number of nitro groups is 1. The SMILES string of the molecule is N#Cc1ccc(N(CCCO)C2CCC2)c([N+](=O)[O-])c1. The molecule has 1 N–H and O–H groups in total. The monoisotopic (exact) mass is 275 g/mol. The van der Waals surface area contributed by atoms with Gasteiger partial charge in [0.1, 0.15) is 5.69 Å². The molecule has 0 unspecified atom stereocenters. The second kappa shape index (κ2) is 6.35. The lowest BCUT2D eigenvalue weighted by Crippen LogP contribution is -2.41. The molecule has 1 aromatic rings. The van der Waals surface area contributed by atoms with Gasteiger partial charge in [-0.2, -0.15) is 5.26 Å². The number of nitrogens with zero attached hydrogens (tertiary/aromatic N) is 3. The third-order valence-electron chi connectivity index (χ3n) is 3.68. The number of nitriles is 1. The molecule has 6 heteroatoms. The summed E-state index contributed by atoms with van der Waals surface area (Å²) in [5.74, 6) is 0. The molecule has 106 valence electrons. The molecule has 0 radical (unpaired) electrons. The molecule has 1 fully saturated rings. The van der Waals surface area contributed by atoms with Crippen LogP contribution in [0.15, 0.2) is 18.2 Å². The fraction of sp³-hybridized carbons (Fsp3) is 0.500. The summed E-state index contributed by atoms with van der Waals surface area (Å²) >= 11 is 0. The highest BCUT2D eigenvalue weighted by Gasteiger charge is 2.29. The van der Waals surface area contributed by atoms with Gasteiger partial charge in [-0.25, -0.2) is 0 Å². The first kappa shape index (κ1) is 14.3. The molecule has 0 bridgehead atoms. The van der Waals surface area contributed by atoms with Crippen molar-refractivity contribution in [1.82, 2.24) is 0 Å². The van der Waals surface area contributed by atoms with Crippen LogP contribution in [0.2, 0.25) is 0 Å². The summed E-state index contributed by atoms with van der Waals surface area (Å²) in [5.41, 5.74) is 0.803. The highest BCUT2D eigenvalue weighted by atomic mass is 16.6. The van der Waals surface area contributed by atoms with Crippen LogP contribution in [0.3, 0.4) is 0 Å². The van der Waals surface area contributed by atoms with Crippen molar-refractivity contribution >= 4 is 11.4 Å². The molecule has 0 saturated heterocycles. The second-order valence-electron chi connectivity index (χ2n) is 4.93. The van der Waals surface area contributed by atoms with E-state index in [1.54, 1.807) is 12.1 Å². The van der Waals surface area contributed by atoms with Crippen LogP contribution in [0, 0.1) is 21.4 Å². The Morgan fingerprint density at radius 2 is 2.25 bits per heavy atom. The number of rotatable bonds is 6. The van der Waals surface area contributed by atoms with E-state index in [-0.39, 0.29) is 17.9 Å². The van der Waals surface area contributed by atoms with Crippen LogP contribution in [0.1, 0.15) is 31.2 Å². The molecule has 0 atom stereocenters. The number of nitro benzene ring substituents is 1. The number of hydrogen-bond acceptors (Lipinski definition) is 5. The zero-order valence-electron chi connectivity index (χ0n) is 11.2. The maximum absolute atomic E-state index is 11.2. The van der Waals surface area contributed by atoms with Crippen LogP contribution in [0.25, 0.3) is 0 Å². The normalized spacial score (nSPS) is 14.4.